The molecule has 1 amide bonds. The highest BCUT2D eigenvalue weighted by atomic mass is 31.2. The van der Waals surface area contributed by atoms with Gasteiger partial charge in [0.05, 0.1) is 39.9 Å². The Labute approximate surface area is 346 Å². The van der Waals surface area contributed by atoms with Gasteiger partial charge in [-0.2, -0.15) is 0 Å². The van der Waals surface area contributed by atoms with Crippen molar-refractivity contribution in [3.63, 3.8) is 0 Å². The normalized spacial score (nSPS) is 14.8. The zero-order chi connectivity index (χ0) is 41.4. The molecule has 3 unspecified atom stereocenters. The topological polar surface area (TPSA) is 108 Å². The Bertz CT molecular complexity index is 1050. The minimum Gasteiger partial charge on any atom is -0.756 e. The van der Waals surface area contributed by atoms with E-state index in [0.29, 0.717) is 17.4 Å². The fourth-order valence-electron chi connectivity index (χ4n) is 6.30. The summed E-state index contributed by atoms with van der Waals surface area (Å²) in [7, 11) is 1.23. The van der Waals surface area contributed by atoms with Gasteiger partial charge in [-0.3, -0.25) is 9.36 Å². The number of likely N-dealkylation sites (N-methyl/N-ethyl adjacent to an activating group) is 1. The van der Waals surface area contributed by atoms with Crippen molar-refractivity contribution in [1.29, 1.82) is 0 Å². The van der Waals surface area contributed by atoms with E-state index in [4.69, 9.17) is 9.05 Å². The summed E-state index contributed by atoms with van der Waals surface area (Å²) in [5, 5.41) is 13.8. The lowest BCUT2D eigenvalue weighted by Crippen LogP contribution is -2.45. The third-order valence-corrected chi connectivity index (χ3v) is 11.0. The third-order valence-electron chi connectivity index (χ3n) is 9.99. The van der Waals surface area contributed by atoms with E-state index < -0.39 is 26.6 Å². The van der Waals surface area contributed by atoms with Gasteiger partial charge in [0.1, 0.15) is 13.2 Å². The molecule has 0 aliphatic rings. The van der Waals surface area contributed by atoms with E-state index in [-0.39, 0.29) is 12.5 Å². The first-order valence-electron chi connectivity index (χ1n) is 23.0. The molecule has 0 aliphatic heterocycles. The number of nitrogens with one attached hydrogen (secondary N) is 1. The number of aliphatic hydroxyl groups excluding tert-OH is 1. The maximum Gasteiger partial charge on any atom is 0.268 e. The molecule has 0 aromatic heterocycles. The number of hydrogen-bond acceptors (Lipinski definition) is 6. The Morgan fingerprint density at radius 1 is 0.607 bits per heavy atom. The number of phosphoric ester groups is 1. The quantitative estimate of drug-likeness (QED) is 0.0276. The monoisotopic (exact) mass is 809 g/mol. The predicted molar refractivity (Wildman–Crippen MR) is 238 cm³/mol. The lowest BCUT2D eigenvalue weighted by Gasteiger charge is -2.29. The van der Waals surface area contributed by atoms with E-state index in [2.05, 4.69) is 55.6 Å². The predicted octanol–water partition coefficient (Wildman–Crippen LogP) is 12.2. The van der Waals surface area contributed by atoms with Crippen LogP contribution in [0.3, 0.4) is 0 Å². The molecule has 0 heterocycles. The van der Waals surface area contributed by atoms with Crippen LogP contribution >= 0.6 is 7.82 Å². The Hall–Kier alpha value is -1.54. The second kappa shape index (κ2) is 38.9. The largest absolute Gasteiger partial charge is 0.756 e. The molecule has 0 saturated carbocycles. The minimum atomic E-state index is -4.60. The van der Waals surface area contributed by atoms with Gasteiger partial charge in [0, 0.05) is 6.42 Å². The number of allylic oxidation sites excluding steroid dienone is 7. The molecule has 0 saturated heterocycles. The van der Waals surface area contributed by atoms with Gasteiger partial charge in [0.25, 0.3) is 7.82 Å². The first-order valence-corrected chi connectivity index (χ1v) is 24.5. The second-order valence-corrected chi connectivity index (χ2v) is 18.1. The summed E-state index contributed by atoms with van der Waals surface area (Å²) >= 11 is 0. The Morgan fingerprint density at radius 2 is 1.00 bits per heavy atom. The first-order chi connectivity index (χ1) is 27.0. The SMILES string of the molecule is CCCCCCCC/C=C/CC/C=C/CC/C=C/C(O)C(COP(=O)([O-])OCC[N+](C)(C)C)NC(=O)CCCCCCCCC/C=C\CCCCCCCCC. The summed E-state index contributed by atoms with van der Waals surface area (Å²) in [5.41, 5.74) is 0. The van der Waals surface area contributed by atoms with Crippen LogP contribution in [-0.2, 0) is 18.4 Å². The Kier molecular flexibility index (Phi) is 37.9. The van der Waals surface area contributed by atoms with Crippen molar-refractivity contribution >= 4 is 13.7 Å². The molecule has 9 heteroatoms. The smallest absolute Gasteiger partial charge is 0.268 e. The molecular formula is C47H89N2O6P. The molecule has 0 aliphatic carbocycles. The van der Waals surface area contributed by atoms with Crippen LogP contribution in [0.15, 0.2) is 48.6 Å². The molecular weight excluding hydrogens is 719 g/mol. The number of unbranched alkanes of at least 4 members (excludes halogenated alkanes) is 22. The van der Waals surface area contributed by atoms with Gasteiger partial charge >= 0.3 is 0 Å². The summed E-state index contributed by atoms with van der Waals surface area (Å²) < 4.78 is 23.2. The molecule has 8 nitrogen and oxygen atoms in total. The van der Waals surface area contributed by atoms with Crippen molar-refractivity contribution in [2.75, 3.05) is 40.9 Å². The fourth-order valence-corrected chi connectivity index (χ4v) is 7.02. The molecule has 0 aromatic rings. The molecule has 0 bridgehead atoms. The van der Waals surface area contributed by atoms with Gasteiger partial charge in [-0.05, 0) is 70.6 Å². The van der Waals surface area contributed by atoms with E-state index in [1.807, 2.05) is 27.2 Å². The van der Waals surface area contributed by atoms with Gasteiger partial charge in [0.2, 0.25) is 5.91 Å². The van der Waals surface area contributed by atoms with Crippen LogP contribution in [0.25, 0.3) is 0 Å². The maximum absolute atomic E-state index is 12.9. The van der Waals surface area contributed by atoms with Crippen LogP contribution in [0, 0.1) is 0 Å². The van der Waals surface area contributed by atoms with Crippen molar-refractivity contribution < 1.29 is 32.9 Å². The highest BCUT2D eigenvalue weighted by molar-refractivity contribution is 7.45. The molecule has 56 heavy (non-hydrogen) atoms. The number of amides is 1. The summed E-state index contributed by atoms with van der Waals surface area (Å²) in [5.74, 6) is -0.218. The van der Waals surface area contributed by atoms with E-state index in [0.717, 1.165) is 44.9 Å². The highest BCUT2D eigenvalue weighted by Crippen LogP contribution is 2.38. The van der Waals surface area contributed by atoms with Gasteiger partial charge in [-0.25, -0.2) is 0 Å². The number of aliphatic hydroxyl groups is 1. The lowest BCUT2D eigenvalue weighted by molar-refractivity contribution is -0.870. The molecule has 2 N–H and O–H groups in total. The van der Waals surface area contributed by atoms with Crippen molar-refractivity contribution in [1.82, 2.24) is 5.32 Å². The fraction of sp³-hybridized carbons (Fsp3) is 0.809. The summed E-state index contributed by atoms with van der Waals surface area (Å²) in [6.45, 7) is 4.59. The summed E-state index contributed by atoms with van der Waals surface area (Å²) in [4.78, 5) is 25.3. The summed E-state index contributed by atoms with van der Waals surface area (Å²) in [6, 6.07) is -0.911. The van der Waals surface area contributed by atoms with Gasteiger partial charge in [-0.1, -0.05) is 165 Å². The van der Waals surface area contributed by atoms with Crippen molar-refractivity contribution in [3.05, 3.63) is 48.6 Å². The standard InChI is InChI=1S/C47H89N2O6P/c1-6-8-10-12-14-16-18-20-22-24-25-27-29-31-33-35-37-39-41-47(51)48-45(44-55-56(52,53)54-43-42-49(3,4)5)46(50)40-38-36-34-32-30-28-26-23-21-19-17-15-13-11-9-7-2/h21-24,30,32,38,40,45-46,50H,6-20,25-29,31,33-37,39,41-44H2,1-5H3,(H-,48,51,52,53)/b23-21+,24-22-,32-30+,40-38+. The van der Waals surface area contributed by atoms with Gasteiger partial charge in [0.15, 0.2) is 0 Å². The van der Waals surface area contributed by atoms with Gasteiger partial charge in [-0.15, -0.1) is 0 Å². The van der Waals surface area contributed by atoms with Crippen LogP contribution in [-0.4, -0.2) is 68.5 Å². The Morgan fingerprint density at radius 3 is 1.45 bits per heavy atom. The maximum atomic E-state index is 12.9. The number of nitrogens with zero attached hydrogens (tertiary/aromatic N) is 1. The molecule has 0 spiro atoms. The molecule has 3 atom stereocenters. The Balaban J connectivity index is 4.48. The van der Waals surface area contributed by atoms with E-state index in [9.17, 15) is 19.4 Å². The molecule has 0 aromatic carbocycles. The molecule has 0 radical (unpaired) electrons. The highest BCUT2D eigenvalue weighted by Gasteiger charge is 2.23. The van der Waals surface area contributed by atoms with Crippen LogP contribution in [0.4, 0.5) is 0 Å². The van der Waals surface area contributed by atoms with Crippen molar-refractivity contribution in [2.24, 2.45) is 0 Å². The van der Waals surface area contributed by atoms with Crippen molar-refractivity contribution in [3.8, 4) is 0 Å². The van der Waals surface area contributed by atoms with Crippen LogP contribution in [0.5, 0.6) is 0 Å². The van der Waals surface area contributed by atoms with E-state index in [1.54, 1.807) is 6.08 Å². The zero-order valence-electron chi connectivity index (χ0n) is 37.1. The number of quaternary nitrogens is 1. The van der Waals surface area contributed by atoms with Crippen LogP contribution < -0.4 is 10.2 Å². The molecule has 0 rings (SSSR count). The molecule has 328 valence electrons. The van der Waals surface area contributed by atoms with E-state index >= 15 is 0 Å². The minimum absolute atomic E-state index is 0.0107. The number of carbonyl (C=O) groups excluding carboxylic acids is 1. The third kappa shape index (κ3) is 40.6. The number of rotatable bonds is 41. The van der Waals surface area contributed by atoms with E-state index in [1.165, 1.54) is 128 Å². The lowest BCUT2D eigenvalue weighted by atomic mass is 10.1. The van der Waals surface area contributed by atoms with Crippen LogP contribution in [0.1, 0.15) is 194 Å². The number of carbonyl (C=O) groups is 1. The van der Waals surface area contributed by atoms with Crippen LogP contribution in [0.2, 0.25) is 0 Å². The first kappa shape index (κ1) is 54.5. The molecule has 0 fully saturated rings. The zero-order valence-corrected chi connectivity index (χ0v) is 38.0. The van der Waals surface area contributed by atoms with Crippen molar-refractivity contribution in [2.45, 2.75) is 206 Å². The average Bonchev–Trinajstić information content (AvgIpc) is 3.15. The number of hydrogen-bond donors (Lipinski definition) is 2. The second-order valence-electron chi connectivity index (χ2n) is 16.7. The average molecular weight is 809 g/mol. The van der Waals surface area contributed by atoms with Gasteiger partial charge < -0.3 is 28.8 Å². The summed E-state index contributed by atoms with van der Waals surface area (Å²) in [6.07, 6.45) is 48.7. The number of phosphoric acid groups is 1.